The van der Waals surface area contributed by atoms with E-state index in [1.165, 1.54) is 0 Å². The Balaban J connectivity index is 1.76. The van der Waals surface area contributed by atoms with Gasteiger partial charge < -0.3 is 15.2 Å². The van der Waals surface area contributed by atoms with Gasteiger partial charge in [0.2, 0.25) is 5.91 Å². The van der Waals surface area contributed by atoms with Gasteiger partial charge in [0.1, 0.15) is 6.10 Å². The quantitative estimate of drug-likeness (QED) is 0.757. The van der Waals surface area contributed by atoms with Crippen molar-refractivity contribution in [3.63, 3.8) is 0 Å². The maximum atomic E-state index is 11.8. The minimum atomic E-state index is -0.983. The summed E-state index contributed by atoms with van der Waals surface area (Å²) >= 11 is 1.78. The van der Waals surface area contributed by atoms with Crippen LogP contribution in [0.1, 0.15) is 25.7 Å². The van der Waals surface area contributed by atoms with Gasteiger partial charge >= 0.3 is 5.97 Å². The molecule has 17 heavy (non-hydrogen) atoms. The number of rotatable bonds is 5. The van der Waals surface area contributed by atoms with Crippen molar-refractivity contribution in [2.75, 3.05) is 12.8 Å². The normalized spacial score (nSPS) is 29.9. The molecule has 0 bridgehead atoms. The van der Waals surface area contributed by atoms with E-state index in [-0.39, 0.29) is 10.7 Å². The molecule has 0 spiro atoms. The molecule has 0 radical (unpaired) electrons. The van der Waals surface area contributed by atoms with Gasteiger partial charge in [-0.05, 0) is 31.9 Å². The van der Waals surface area contributed by atoms with Crippen molar-refractivity contribution in [2.24, 2.45) is 0 Å². The molecule has 2 N–H and O–H groups in total. The Hall–Kier alpha value is -0.750. The number of carboxylic acid groups (broad SMARTS) is 1. The van der Waals surface area contributed by atoms with E-state index < -0.39 is 18.2 Å². The molecule has 1 aliphatic heterocycles. The number of hydrogen-bond donors (Lipinski definition) is 2. The maximum Gasteiger partial charge on any atom is 0.332 e. The third kappa shape index (κ3) is 2.93. The lowest BCUT2D eigenvalue weighted by Gasteiger charge is -2.16. The topological polar surface area (TPSA) is 75.6 Å². The molecule has 0 aromatic rings. The van der Waals surface area contributed by atoms with Gasteiger partial charge in [0.25, 0.3) is 0 Å². The Morgan fingerprint density at radius 1 is 1.41 bits per heavy atom. The number of amides is 1. The fourth-order valence-corrected chi connectivity index (χ4v) is 2.69. The lowest BCUT2D eigenvalue weighted by molar-refractivity contribution is -0.151. The van der Waals surface area contributed by atoms with Crippen LogP contribution in [0.5, 0.6) is 0 Å². The SMILES string of the molecule is CSC1(CNC(=O)[C@@H]2CC[C@H](C(=O)O)O2)CC1. The average Bonchev–Trinajstić information content (AvgIpc) is 2.92. The highest BCUT2D eigenvalue weighted by Gasteiger charge is 2.43. The van der Waals surface area contributed by atoms with Gasteiger partial charge in [-0.1, -0.05) is 0 Å². The number of ether oxygens (including phenoxy) is 1. The third-order valence-electron chi connectivity index (χ3n) is 3.41. The van der Waals surface area contributed by atoms with Gasteiger partial charge in [0.05, 0.1) is 0 Å². The van der Waals surface area contributed by atoms with Crippen molar-refractivity contribution >= 4 is 23.6 Å². The second-order valence-corrected chi connectivity index (χ2v) is 5.91. The first-order valence-corrected chi connectivity index (χ1v) is 7.00. The number of thioether (sulfide) groups is 1. The second-order valence-electron chi connectivity index (χ2n) is 4.63. The van der Waals surface area contributed by atoms with Gasteiger partial charge in [0.15, 0.2) is 6.10 Å². The fourth-order valence-electron chi connectivity index (χ4n) is 1.97. The molecule has 2 atom stereocenters. The third-order valence-corrected chi connectivity index (χ3v) is 4.83. The highest BCUT2D eigenvalue weighted by molar-refractivity contribution is 8.00. The molecule has 0 unspecified atom stereocenters. The molecule has 1 amide bonds. The fraction of sp³-hybridized carbons (Fsp3) is 0.818. The Labute approximate surface area is 104 Å². The molecular formula is C11H17NO4S. The summed E-state index contributed by atoms with van der Waals surface area (Å²) < 4.78 is 5.41. The lowest BCUT2D eigenvalue weighted by atomic mass is 10.2. The minimum Gasteiger partial charge on any atom is -0.479 e. The van der Waals surface area contributed by atoms with Crippen LogP contribution in [0.15, 0.2) is 0 Å². The summed E-state index contributed by atoms with van der Waals surface area (Å²) in [6, 6.07) is 0. The lowest BCUT2D eigenvalue weighted by Crippen LogP contribution is -2.39. The standard InChI is InChI=1S/C11H17NO4S/c1-17-11(4-5-11)6-12-9(13)7-2-3-8(16-7)10(14)15/h7-8H,2-6H2,1H3,(H,12,13)(H,14,15)/t7-,8+/m0/s1. The molecule has 1 saturated heterocycles. The first-order valence-electron chi connectivity index (χ1n) is 5.77. The van der Waals surface area contributed by atoms with E-state index >= 15 is 0 Å². The second kappa shape index (κ2) is 4.86. The summed E-state index contributed by atoms with van der Waals surface area (Å²) in [6.07, 6.45) is 3.83. The van der Waals surface area contributed by atoms with Crippen molar-refractivity contribution in [3.8, 4) is 0 Å². The van der Waals surface area contributed by atoms with Gasteiger partial charge in [-0.15, -0.1) is 0 Å². The molecule has 1 heterocycles. The Bertz CT molecular complexity index is 329. The molecule has 5 nitrogen and oxygen atoms in total. The van der Waals surface area contributed by atoms with Gasteiger partial charge in [-0.25, -0.2) is 4.79 Å². The van der Waals surface area contributed by atoms with Crippen molar-refractivity contribution in [3.05, 3.63) is 0 Å². The zero-order chi connectivity index (χ0) is 12.5. The van der Waals surface area contributed by atoms with E-state index in [0.717, 1.165) is 12.8 Å². The number of hydrogen-bond acceptors (Lipinski definition) is 4. The van der Waals surface area contributed by atoms with Crippen LogP contribution in [0, 0.1) is 0 Å². The van der Waals surface area contributed by atoms with Crippen LogP contribution >= 0.6 is 11.8 Å². The predicted molar refractivity (Wildman–Crippen MR) is 64.0 cm³/mol. The molecule has 2 rings (SSSR count). The highest BCUT2D eigenvalue weighted by Crippen LogP contribution is 2.46. The molecule has 2 fully saturated rings. The monoisotopic (exact) mass is 259 g/mol. The van der Waals surface area contributed by atoms with Crippen molar-refractivity contribution in [1.29, 1.82) is 0 Å². The van der Waals surface area contributed by atoms with Crippen LogP contribution < -0.4 is 5.32 Å². The summed E-state index contributed by atoms with van der Waals surface area (Å²) in [5, 5.41) is 11.6. The van der Waals surface area contributed by atoms with Crippen molar-refractivity contribution in [2.45, 2.75) is 42.6 Å². The molecule has 1 aliphatic carbocycles. The van der Waals surface area contributed by atoms with Crippen LogP contribution in [0.4, 0.5) is 0 Å². The van der Waals surface area contributed by atoms with Gasteiger partial charge in [0, 0.05) is 11.3 Å². The Morgan fingerprint density at radius 2 is 2.06 bits per heavy atom. The van der Waals surface area contributed by atoms with Crippen LogP contribution in [0.25, 0.3) is 0 Å². The largest absolute Gasteiger partial charge is 0.479 e. The van der Waals surface area contributed by atoms with Crippen molar-refractivity contribution < 1.29 is 19.4 Å². The maximum absolute atomic E-state index is 11.8. The summed E-state index contributed by atoms with van der Waals surface area (Å²) in [4.78, 5) is 22.4. The summed E-state index contributed by atoms with van der Waals surface area (Å²) in [7, 11) is 0. The number of aliphatic carboxylic acids is 1. The average molecular weight is 259 g/mol. The zero-order valence-electron chi connectivity index (χ0n) is 9.77. The van der Waals surface area contributed by atoms with Crippen LogP contribution in [-0.4, -0.2) is 46.7 Å². The van der Waals surface area contributed by atoms with E-state index in [9.17, 15) is 9.59 Å². The zero-order valence-corrected chi connectivity index (χ0v) is 10.6. The molecule has 1 saturated carbocycles. The van der Waals surface area contributed by atoms with Crippen molar-refractivity contribution in [1.82, 2.24) is 5.32 Å². The predicted octanol–water partition coefficient (Wildman–Crippen LogP) is 0.630. The number of carbonyl (C=O) groups excluding carboxylic acids is 1. The Kier molecular flexibility index (Phi) is 3.63. The number of nitrogens with one attached hydrogen (secondary N) is 1. The minimum absolute atomic E-state index is 0.172. The molecule has 0 aromatic heterocycles. The summed E-state index contributed by atoms with van der Waals surface area (Å²) in [5.41, 5.74) is 0. The molecule has 2 aliphatic rings. The van der Waals surface area contributed by atoms with Crippen LogP contribution in [-0.2, 0) is 14.3 Å². The first kappa shape index (κ1) is 12.7. The van der Waals surface area contributed by atoms with E-state index in [4.69, 9.17) is 9.84 Å². The summed E-state index contributed by atoms with van der Waals surface area (Å²) in [5.74, 6) is -1.16. The van der Waals surface area contributed by atoms with Gasteiger partial charge in [-0.3, -0.25) is 4.79 Å². The number of carboxylic acids is 1. The smallest absolute Gasteiger partial charge is 0.332 e. The molecular weight excluding hydrogens is 242 g/mol. The van der Waals surface area contributed by atoms with Gasteiger partial charge in [-0.2, -0.15) is 11.8 Å². The van der Waals surface area contributed by atoms with E-state index in [1.807, 2.05) is 6.26 Å². The first-order chi connectivity index (χ1) is 8.06. The van der Waals surface area contributed by atoms with E-state index in [1.54, 1.807) is 11.8 Å². The van der Waals surface area contributed by atoms with E-state index in [0.29, 0.717) is 19.4 Å². The molecule has 0 aromatic carbocycles. The molecule has 96 valence electrons. The Morgan fingerprint density at radius 3 is 2.53 bits per heavy atom. The van der Waals surface area contributed by atoms with Crippen LogP contribution in [0.3, 0.4) is 0 Å². The highest BCUT2D eigenvalue weighted by atomic mass is 32.2. The van der Waals surface area contributed by atoms with E-state index in [2.05, 4.69) is 5.32 Å². The number of carbonyl (C=O) groups is 2. The van der Waals surface area contributed by atoms with Crippen LogP contribution in [0.2, 0.25) is 0 Å². The summed E-state index contributed by atoms with van der Waals surface area (Å²) in [6.45, 7) is 0.657. The molecule has 6 heteroatoms.